The molecule has 5 aromatic carbocycles. The van der Waals surface area contributed by atoms with Crippen LogP contribution in [0.15, 0.2) is 151 Å². The SMILES string of the molecule is C=C/C=C(\C(=C/C)c1cccc(Br)c1)c1ccc2c3cc(-c4ccccc4)ccc3n(-c3ccccc3)c2c1. The van der Waals surface area contributed by atoms with Crippen LogP contribution in [0.25, 0.3) is 49.8 Å². The van der Waals surface area contributed by atoms with Gasteiger partial charge in [0.25, 0.3) is 0 Å². The van der Waals surface area contributed by atoms with Crippen LogP contribution in [0.2, 0.25) is 0 Å². The van der Waals surface area contributed by atoms with E-state index in [2.05, 4.69) is 167 Å². The molecule has 0 unspecified atom stereocenters. The first kappa shape index (κ1) is 24.9. The number of rotatable bonds is 6. The third kappa shape index (κ3) is 4.69. The first-order valence-electron chi connectivity index (χ1n) is 13.1. The fourth-order valence-electron chi connectivity index (χ4n) is 5.45. The topological polar surface area (TPSA) is 4.93 Å². The van der Waals surface area contributed by atoms with Crippen molar-refractivity contribution < 1.29 is 0 Å². The van der Waals surface area contributed by atoms with E-state index in [-0.39, 0.29) is 0 Å². The zero-order valence-electron chi connectivity index (χ0n) is 21.8. The molecule has 1 aromatic heterocycles. The number of allylic oxidation sites excluding steroid dienone is 5. The zero-order valence-corrected chi connectivity index (χ0v) is 23.4. The largest absolute Gasteiger partial charge is 0.309 e. The second-order valence-electron chi connectivity index (χ2n) is 9.53. The molecule has 39 heavy (non-hydrogen) atoms. The molecule has 0 bridgehead atoms. The molecule has 0 atom stereocenters. The molecule has 0 radical (unpaired) electrons. The van der Waals surface area contributed by atoms with E-state index in [1.165, 1.54) is 38.5 Å². The quantitative estimate of drug-likeness (QED) is 0.177. The van der Waals surface area contributed by atoms with Crippen LogP contribution in [-0.4, -0.2) is 4.57 Å². The van der Waals surface area contributed by atoms with Gasteiger partial charge >= 0.3 is 0 Å². The van der Waals surface area contributed by atoms with Gasteiger partial charge in [-0.2, -0.15) is 0 Å². The van der Waals surface area contributed by atoms with E-state index < -0.39 is 0 Å². The molecule has 0 fully saturated rings. The number of para-hydroxylation sites is 1. The van der Waals surface area contributed by atoms with E-state index in [0.717, 1.165) is 26.9 Å². The minimum absolute atomic E-state index is 1.06. The Hall–Kier alpha value is -4.40. The Morgan fingerprint density at radius 2 is 1.38 bits per heavy atom. The monoisotopic (exact) mass is 565 g/mol. The molecule has 0 aliphatic carbocycles. The lowest BCUT2D eigenvalue weighted by atomic mass is 9.91. The van der Waals surface area contributed by atoms with Gasteiger partial charge in [-0.05, 0) is 82.8 Å². The van der Waals surface area contributed by atoms with Crippen molar-refractivity contribution in [3.63, 3.8) is 0 Å². The molecular weight excluding hydrogens is 538 g/mol. The standard InChI is InChI=1S/C37H28BrN/c1-3-12-33(32(4-2)28-15-11-16-30(38)23-28)29-19-21-34-35-24-27(26-13-7-5-8-14-26)20-22-36(35)39(37(34)25-29)31-17-9-6-10-18-31/h3-25H,1H2,2H3/b32-4-,33-12-. The van der Waals surface area contributed by atoms with Crippen LogP contribution >= 0.6 is 15.9 Å². The number of fused-ring (bicyclic) bond motifs is 3. The first-order chi connectivity index (χ1) is 19.2. The van der Waals surface area contributed by atoms with Gasteiger partial charge in [-0.25, -0.2) is 0 Å². The molecule has 6 aromatic rings. The fourth-order valence-corrected chi connectivity index (χ4v) is 5.85. The molecule has 0 saturated heterocycles. The number of aromatic nitrogens is 1. The number of nitrogens with zero attached hydrogens (tertiary/aromatic N) is 1. The lowest BCUT2D eigenvalue weighted by molar-refractivity contribution is 1.18. The number of hydrogen-bond donors (Lipinski definition) is 0. The van der Waals surface area contributed by atoms with Crippen LogP contribution in [0, 0.1) is 0 Å². The summed E-state index contributed by atoms with van der Waals surface area (Å²) in [5, 5.41) is 2.48. The summed E-state index contributed by atoms with van der Waals surface area (Å²) in [6.07, 6.45) is 6.17. The molecule has 6 rings (SSSR count). The Balaban J connectivity index is 1.60. The van der Waals surface area contributed by atoms with Crippen molar-refractivity contribution in [3.8, 4) is 16.8 Å². The van der Waals surface area contributed by atoms with Gasteiger partial charge in [0, 0.05) is 20.9 Å². The molecule has 1 nitrogen and oxygen atoms in total. The van der Waals surface area contributed by atoms with Gasteiger partial charge in [0.2, 0.25) is 0 Å². The Labute approximate surface area is 238 Å². The van der Waals surface area contributed by atoms with Crippen molar-refractivity contribution in [2.24, 2.45) is 0 Å². The molecule has 2 heteroatoms. The summed E-state index contributed by atoms with van der Waals surface area (Å²) in [5.74, 6) is 0. The third-order valence-electron chi connectivity index (χ3n) is 7.20. The maximum atomic E-state index is 4.04. The molecule has 0 spiro atoms. The van der Waals surface area contributed by atoms with Crippen molar-refractivity contribution in [2.75, 3.05) is 0 Å². The van der Waals surface area contributed by atoms with E-state index in [1.807, 2.05) is 6.08 Å². The lowest BCUT2D eigenvalue weighted by Gasteiger charge is -2.14. The molecule has 0 aliphatic heterocycles. The number of hydrogen-bond acceptors (Lipinski definition) is 0. The van der Waals surface area contributed by atoms with Crippen molar-refractivity contribution in [3.05, 3.63) is 162 Å². The highest BCUT2D eigenvalue weighted by Crippen LogP contribution is 2.39. The minimum Gasteiger partial charge on any atom is -0.309 e. The van der Waals surface area contributed by atoms with Crippen molar-refractivity contribution in [2.45, 2.75) is 6.92 Å². The predicted octanol–water partition coefficient (Wildman–Crippen LogP) is 10.9. The number of benzene rings is 5. The third-order valence-corrected chi connectivity index (χ3v) is 7.69. The van der Waals surface area contributed by atoms with E-state index >= 15 is 0 Å². The number of halogens is 1. The zero-order chi connectivity index (χ0) is 26.8. The molecule has 188 valence electrons. The van der Waals surface area contributed by atoms with Gasteiger partial charge in [0.15, 0.2) is 0 Å². The van der Waals surface area contributed by atoms with Crippen LogP contribution in [0.1, 0.15) is 18.1 Å². The van der Waals surface area contributed by atoms with Gasteiger partial charge in [-0.3, -0.25) is 0 Å². The predicted molar refractivity (Wildman–Crippen MR) is 172 cm³/mol. The molecule has 0 saturated carbocycles. The second-order valence-corrected chi connectivity index (χ2v) is 10.4. The Morgan fingerprint density at radius 3 is 2.10 bits per heavy atom. The highest BCUT2D eigenvalue weighted by molar-refractivity contribution is 9.10. The van der Waals surface area contributed by atoms with Gasteiger partial charge in [-0.1, -0.05) is 120 Å². The summed E-state index contributed by atoms with van der Waals surface area (Å²) < 4.78 is 3.44. The van der Waals surface area contributed by atoms with Gasteiger partial charge < -0.3 is 4.57 Å². The molecule has 0 aliphatic rings. The summed E-state index contributed by atoms with van der Waals surface area (Å²) in [5.41, 5.74) is 10.6. The van der Waals surface area contributed by atoms with Crippen LogP contribution < -0.4 is 0 Å². The maximum absolute atomic E-state index is 4.04. The average Bonchev–Trinajstić information content (AvgIpc) is 3.31. The first-order valence-corrected chi connectivity index (χ1v) is 13.9. The van der Waals surface area contributed by atoms with Gasteiger partial charge in [0.1, 0.15) is 0 Å². The molecular formula is C37H28BrN. The van der Waals surface area contributed by atoms with E-state index in [1.54, 1.807) is 0 Å². The van der Waals surface area contributed by atoms with Crippen molar-refractivity contribution >= 4 is 48.9 Å². The van der Waals surface area contributed by atoms with Crippen LogP contribution in [0.4, 0.5) is 0 Å². The van der Waals surface area contributed by atoms with E-state index in [4.69, 9.17) is 0 Å². The summed E-state index contributed by atoms with van der Waals surface area (Å²) in [6.45, 7) is 6.13. The fraction of sp³-hybridized carbons (Fsp3) is 0.0270. The van der Waals surface area contributed by atoms with Crippen LogP contribution in [0.3, 0.4) is 0 Å². The van der Waals surface area contributed by atoms with Gasteiger partial charge in [0.05, 0.1) is 11.0 Å². The molecule has 0 N–H and O–H groups in total. The van der Waals surface area contributed by atoms with Crippen LogP contribution in [0.5, 0.6) is 0 Å². The molecule has 0 amide bonds. The van der Waals surface area contributed by atoms with Crippen LogP contribution in [-0.2, 0) is 0 Å². The van der Waals surface area contributed by atoms with Crippen molar-refractivity contribution in [1.82, 2.24) is 4.57 Å². The van der Waals surface area contributed by atoms with E-state index in [0.29, 0.717) is 0 Å². The summed E-state index contributed by atoms with van der Waals surface area (Å²) in [7, 11) is 0. The summed E-state index contributed by atoms with van der Waals surface area (Å²) in [6, 6.07) is 43.3. The maximum Gasteiger partial charge on any atom is 0.0547 e. The Morgan fingerprint density at radius 1 is 0.641 bits per heavy atom. The van der Waals surface area contributed by atoms with E-state index in [9.17, 15) is 0 Å². The summed E-state index contributed by atoms with van der Waals surface area (Å²) in [4.78, 5) is 0. The second kappa shape index (κ2) is 10.8. The van der Waals surface area contributed by atoms with Crippen molar-refractivity contribution in [1.29, 1.82) is 0 Å². The van der Waals surface area contributed by atoms with Gasteiger partial charge in [-0.15, -0.1) is 0 Å². The Bertz CT molecular complexity index is 1870. The lowest BCUT2D eigenvalue weighted by Crippen LogP contribution is -1.95. The normalized spacial score (nSPS) is 12.3. The smallest absolute Gasteiger partial charge is 0.0547 e. The Kier molecular flexibility index (Phi) is 6.87. The highest BCUT2D eigenvalue weighted by Gasteiger charge is 2.16. The molecule has 1 heterocycles. The minimum atomic E-state index is 1.06. The average molecular weight is 567 g/mol. The highest BCUT2D eigenvalue weighted by atomic mass is 79.9. The summed E-state index contributed by atoms with van der Waals surface area (Å²) >= 11 is 3.64.